The second kappa shape index (κ2) is 6.88. The van der Waals surface area contributed by atoms with Gasteiger partial charge >= 0.3 is 11.9 Å². The molecule has 0 aliphatic carbocycles. The van der Waals surface area contributed by atoms with Gasteiger partial charge in [-0.05, 0) is 31.9 Å². The van der Waals surface area contributed by atoms with E-state index in [-0.39, 0.29) is 12.5 Å². The molecule has 0 bridgehead atoms. The molecule has 0 aromatic heterocycles. The number of hydrogen-bond donors (Lipinski definition) is 1. The van der Waals surface area contributed by atoms with Gasteiger partial charge in [0.1, 0.15) is 0 Å². The van der Waals surface area contributed by atoms with E-state index in [1.807, 2.05) is 0 Å². The maximum atomic E-state index is 12.4. The minimum absolute atomic E-state index is 0.126. The first-order valence-corrected chi connectivity index (χ1v) is 7.00. The van der Waals surface area contributed by atoms with Gasteiger partial charge in [0.2, 0.25) is 0 Å². The zero-order chi connectivity index (χ0) is 15.2. The second-order valence-electron chi connectivity index (χ2n) is 4.72. The highest BCUT2D eigenvalue weighted by Gasteiger charge is 2.23. The number of carbonyl (C=O) groups is 3. The lowest BCUT2D eigenvalue weighted by molar-refractivity contribution is -0.152. The zero-order valence-corrected chi connectivity index (χ0v) is 11.9. The number of hydrogen-bond acceptors (Lipinski definition) is 4. The van der Waals surface area contributed by atoms with Gasteiger partial charge in [0, 0.05) is 13.1 Å². The number of benzene rings is 1. The number of rotatable bonds is 3. The minimum atomic E-state index is -0.957. The Balaban J connectivity index is 2.15. The lowest BCUT2D eigenvalue weighted by atomic mass is 10.1. The van der Waals surface area contributed by atoms with Crippen molar-refractivity contribution in [2.45, 2.75) is 19.8 Å². The van der Waals surface area contributed by atoms with Crippen LogP contribution in [0, 0.1) is 0 Å². The number of amides is 2. The van der Waals surface area contributed by atoms with Crippen LogP contribution >= 0.6 is 0 Å². The van der Waals surface area contributed by atoms with Crippen molar-refractivity contribution in [2.24, 2.45) is 0 Å². The predicted octanol–water partition coefficient (Wildman–Crippen LogP) is 1.42. The summed E-state index contributed by atoms with van der Waals surface area (Å²) in [6.07, 6.45) is 1.98. The molecular formula is C15H18N2O4. The van der Waals surface area contributed by atoms with Crippen LogP contribution in [0.15, 0.2) is 24.3 Å². The monoisotopic (exact) mass is 290 g/mol. The van der Waals surface area contributed by atoms with E-state index in [4.69, 9.17) is 0 Å². The summed E-state index contributed by atoms with van der Waals surface area (Å²) in [4.78, 5) is 37.2. The Kier molecular flexibility index (Phi) is 4.92. The first-order chi connectivity index (χ1) is 10.1. The van der Waals surface area contributed by atoms with Crippen LogP contribution in [-0.4, -0.2) is 42.4 Å². The third kappa shape index (κ3) is 3.59. The van der Waals surface area contributed by atoms with Crippen molar-refractivity contribution in [1.82, 2.24) is 4.90 Å². The van der Waals surface area contributed by atoms with Crippen molar-refractivity contribution in [3.63, 3.8) is 0 Å². The Morgan fingerprint density at radius 1 is 1.19 bits per heavy atom. The van der Waals surface area contributed by atoms with E-state index in [0.717, 1.165) is 25.9 Å². The van der Waals surface area contributed by atoms with Crippen molar-refractivity contribution in [1.29, 1.82) is 0 Å². The zero-order valence-electron chi connectivity index (χ0n) is 11.9. The summed E-state index contributed by atoms with van der Waals surface area (Å²) in [6, 6.07) is 6.66. The van der Waals surface area contributed by atoms with Gasteiger partial charge < -0.3 is 15.0 Å². The van der Waals surface area contributed by atoms with Crippen LogP contribution < -0.4 is 5.32 Å². The number of nitrogens with zero attached hydrogens (tertiary/aromatic N) is 1. The smallest absolute Gasteiger partial charge is 0.397 e. The molecule has 6 heteroatoms. The number of para-hydroxylation sites is 1. The molecule has 0 saturated carbocycles. The Morgan fingerprint density at radius 2 is 1.86 bits per heavy atom. The van der Waals surface area contributed by atoms with E-state index in [0.29, 0.717) is 11.3 Å². The molecule has 1 aromatic rings. The van der Waals surface area contributed by atoms with Crippen LogP contribution in [0.25, 0.3) is 0 Å². The molecule has 1 aliphatic heterocycles. The average molecular weight is 290 g/mol. The van der Waals surface area contributed by atoms with Crippen LogP contribution in [0.3, 0.4) is 0 Å². The van der Waals surface area contributed by atoms with Gasteiger partial charge in [-0.1, -0.05) is 12.1 Å². The Hall–Kier alpha value is -2.37. The Labute approximate surface area is 123 Å². The molecule has 21 heavy (non-hydrogen) atoms. The first-order valence-electron chi connectivity index (χ1n) is 7.00. The highest BCUT2D eigenvalue weighted by molar-refractivity contribution is 6.37. The number of anilines is 1. The highest BCUT2D eigenvalue weighted by Crippen LogP contribution is 2.20. The summed E-state index contributed by atoms with van der Waals surface area (Å²) in [6.45, 7) is 3.19. The molecule has 1 fully saturated rings. The second-order valence-corrected chi connectivity index (χ2v) is 4.72. The first kappa shape index (κ1) is 15.0. The fourth-order valence-corrected chi connectivity index (χ4v) is 2.24. The molecule has 0 radical (unpaired) electrons. The van der Waals surface area contributed by atoms with Crippen LogP contribution in [0.4, 0.5) is 5.69 Å². The topological polar surface area (TPSA) is 75.7 Å². The minimum Gasteiger partial charge on any atom is -0.459 e. The summed E-state index contributed by atoms with van der Waals surface area (Å²) in [7, 11) is 0. The standard InChI is InChI=1S/C15H18N2O4/c1-2-21-15(20)13(18)16-12-8-4-3-7-11(12)14(19)17-9-5-6-10-17/h3-4,7-8H,2,5-6,9-10H2,1H3,(H,16,18). The molecule has 1 aromatic carbocycles. The van der Waals surface area contributed by atoms with Crippen LogP contribution in [0.2, 0.25) is 0 Å². The van der Waals surface area contributed by atoms with Crippen molar-refractivity contribution in [2.75, 3.05) is 25.0 Å². The summed E-state index contributed by atoms with van der Waals surface area (Å²) in [5, 5.41) is 2.44. The van der Waals surface area contributed by atoms with Crippen LogP contribution in [-0.2, 0) is 14.3 Å². The molecule has 112 valence electrons. The Morgan fingerprint density at radius 3 is 2.52 bits per heavy atom. The third-order valence-corrected chi connectivity index (χ3v) is 3.26. The number of nitrogens with one attached hydrogen (secondary N) is 1. The van der Waals surface area contributed by atoms with E-state index in [2.05, 4.69) is 10.1 Å². The van der Waals surface area contributed by atoms with E-state index in [1.165, 1.54) is 0 Å². The normalized spacial score (nSPS) is 13.9. The molecule has 0 spiro atoms. The maximum Gasteiger partial charge on any atom is 0.397 e. The number of ether oxygens (including phenoxy) is 1. The van der Waals surface area contributed by atoms with Gasteiger partial charge in [0.15, 0.2) is 0 Å². The molecule has 0 atom stereocenters. The van der Waals surface area contributed by atoms with Gasteiger partial charge in [0.25, 0.3) is 5.91 Å². The fourth-order valence-electron chi connectivity index (χ4n) is 2.24. The highest BCUT2D eigenvalue weighted by atomic mass is 16.5. The summed E-state index contributed by atoms with van der Waals surface area (Å²) in [5.41, 5.74) is 0.713. The SMILES string of the molecule is CCOC(=O)C(=O)Nc1ccccc1C(=O)N1CCCC1. The molecular weight excluding hydrogens is 272 g/mol. The quantitative estimate of drug-likeness (QED) is 0.675. The molecule has 2 rings (SSSR count). The molecule has 0 unspecified atom stereocenters. The van der Waals surface area contributed by atoms with E-state index in [9.17, 15) is 14.4 Å². The van der Waals surface area contributed by atoms with Gasteiger partial charge in [-0.3, -0.25) is 9.59 Å². The van der Waals surface area contributed by atoms with Crippen molar-refractivity contribution >= 4 is 23.5 Å². The van der Waals surface area contributed by atoms with E-state index < -0.39 is 11.9 Å². The number of likely N-dealkylation sites (tertiary alicyclic amines) is 1. The van der Waals surface area contributed by atoms with Crippen molar-refractivity contribution in [3.05, 3.63) is 29.8 Å². The van der Waals surface area contributed by atoms with Crippen molar-refractivity contribution in [3.8, 4) is 0 Å². The van der Waals surface area contributed by atoms with Gasteiger partial charge in [-0.15, -0.1) is 0 Å². The average Bonchev–Trinajstić information content (AvgIpc) is 3.01. The van der Waals surface area contributed by atoms with Crippen molar-refractivity contribution < 1.29 is 19.1 Å². The largest absolute Gasteiger partial charge is 0.459 e. The summed E-state index contributed by atoms with van der Waals surface area (Å²) >= 11 is 0. The molecule has 2 amide bonds. The molecule has 1 N–H and O–H groups in total. The molecule has 1 heterocycles. The van der Waals surface area contributed by atoms with Crippen LogP contribution in [0.5, 0.6) is 0 Å². The van der Waals surface area contributed by atoms with E-state index in [1.54, 1.807) is 36.1 Å². The van der Waals surface area contributed by atoms with Gasteiger partial charge in [0.05, 0.1) is 17.9 Å². The van der Waals surface area contributed by atoms with E-state index >= 15 is 0 Å². The number of esters is 1. The summed E-state index contributed by atoms with van der Waals surface area (Å²) in [5.74, 6) is -1.97. The Bertz CT molecular complexity index is 550. The molecule has 1 aliphatic rings. The molecule has 6 nitrogen and oxygen atoms in total. The number of carbonyl (C=O) groups excluding carboxylic acids is 3. The van der Waals surface area contributed by atoms with Gasteiger partial charge in [-0.25, -0.2) is 4.79 Å². The maximum absolute atomic E-state index is 12.4. The lowest BCUT2D eigenvalue weighted by Crippen LogP contribution is -2.30. The fraction of sp³-hybridized carbons (Fsp3) is 0.400. The third-order valence-electron chi connectivity index (χ3n) is 3.26. The predicted molar refractivity (Wildman–Crippen MR) is 76.8 cm³/mol. The lowest BCUT2D eigenvalue weighted by Gasteiger charge is -2.17. The molecule has 1 saturated heterocycles. The van der Waals surface area contributed by atoms with Crippen LogP contribution in [0.1, 0.15) is 30.1 Å². The van der Waals surface area contributed by atoms with Gasteiger partial charge in [-0.2, -0.15) is 0 Å². The summed E-state index contributed by atoms with van der Waals surface area (Å²) < 4.78 is 4.63.